The first-order chi connectivity index (χ1) is 10.2. The largest absolute Gasteiger partial charge is 0.508 e. The van der Waals surface area contributed by atoms with Crippen molar-refractivity contribution in [2.45, 2.75) is 12.8 Å². The van der Waals surface area contributed by atoms with Crippen LogP contribution in [0.3, 0.4) is 0 Å². The fourth-order valence-corrected chi connectivity index (χ4v) is 2.09. The Balaban J connectivity index is 1.73. The van der Waals surface area contributed by atoms with E-state index in [0.29, 0.717) is 23.7 Å². The van der Waals surface area contributed by atoms with E-state index in [2.05, 4.69) is 10.1 Å². The van der Waals surface area contributed by atoms with Crippen molar-refractivity contribution >= 4 is 0 Å². The summed E-state index contributed by atoms with van der Waals surface area (Å²) in [5.41, 5.74) is 1.40. The third kappa shape index (κ3) is 3.25. The van der Waals surface area contributed by atoms with Crippen LogP contribution in [0.1, 0.15) is 22.8 Å². The topological polar surface area (TPSA) is 59.2 Å². The molecule has 4 nitrogen and oxygen atoms in total. The zero-order valence-corrected chi connectivity index (χ0v) is 11.2. The zero-order chi connectivity index (χ0) is 14.7. The van der Waals surface area contributed by atoms with Crippen LogP contribution in [0.25, 0.3) is 0 Å². The van der Waals surface area contributed by atoms with Crippen molar-refractivity contribution in [2.75, 3.05) is 0 Å². The normalized spacial score (nSPS) is 10.7. The fourth-order valence-electron chi connectivity index (χ4n) is 2.09. The molecule has 1 aromatic heterocycles. The second kappa shape index (κ2) is 5.75. The molecule has 5 heteroatoms. The molecule has 0 fully saturated rings. The minimum Gasteiger partial charge on any atom is -0.508 e. The van der Waals surface area contributed by atoms with Crippen molar-refractivity contribution in [2.24, 2.45) is 0 Å². The summed E-state index contributed by atoms with van der Waals surface area (Å²) in [5, 5.41) is 13.3. The van der Waals surface area contributed by atoms with Crippen molar-refractivity contribution in [3.05, 3.63) is 77.2 Å². The molecule has 0 saturated carbocycles. The van der Waals surface area contributed by atoms with E-state index in [0.717, 1.165) is 5.56 Å². The van der Waals surface area contributed by atoms with Crippen molar-refractivity contribution in [1.82, 2.24) is 10.1 Å². The number of aromatic nitrogens is 2. The summed E-state index contributed by atoms with van der Waals surface area (Å²) in [6.07, 6.45) is 0.717. The van der Waals surface area contributed by atoms with E-state index in [1.807, 2.05) is 6.07 Å². The van der Waals surface area contributed by atoms with Crippen LogP contribution in [0.2, 0.25) is 0 Å². The maximum atomic E-state index is 13.6. The van der Waals surface area contributed by atoms with Crippen molar-refractivity contribution in [1.29, 1.82) is 0 Å². The number of rotatable bonds is 4. The highest BCUT2D eigenvalue weighted by molar-refractivity contribution is 5.28. The number of phenolic OH excluding ortho intramolecular Hbond substituents is 1. The lowest BCUT2D eigenvalue weighted by Crippen LogP contribution is -1.95. The van der Waals surface area contributed by atoms with Gasteiger partial charge in [0.25, 0.3) is 0 Å². The number of aromatic hydroxyl groups is 1. The summed E-state index contributed by atoms with van der Waals surface area (Å²) in [6.45, 7) is 0. The Hall–Kier alpha value is -2.69. The molecule has 3 aromatic rings. The van der Waals surface area contributed by atoms with Crippen molar-refractivity contribution < 1.29 is 14.0 Å². The van der Waals surface area contributed by atoms with Gasteiger partial charge in [0.2, 0.25) is 5.89 Å². The van der Waals surface area contributed by atoms with Crippen LogP contribution in [0.5, 0.6) is 5.75 Å². The van der Waals surface area contributed by atoms with Crippen LogP contribution in [0, 0.1) is 5.82 Å². The van der Waals surface area contributed by atoms with E-state index >= 15 is 0 Å². The quantitative estimate of drug-likeness (QED) is 0.799. The second-order valence-electron chi connectivity index (χ2n) is 4.72. The average Bonchev–Trinajstić information content (AvgIpc) is 2.89. The predicted octanol–water partition coefficient (Wildman–Crippen LogP) is 3.10. The van der Waals surface area contributed by atoms with Gasteiger partial charge >= 0.3 is 0 Å². The highest BCUT2D eigenvalue weighted by Gasteiger charge is 2.10. The van der Waals surface area contributed by atoms with Crippen LogP contribution in [-0.4, -0.2) is 15.2 Å². The van der Waals surface area contributed by atoms with Gasteiger partial charge in [-0.05, 0) is 29.3 Å². The number of halogens is 1. The maximum Gasteiger partial charge on any atom is 0.231 e. The van der Waals surface area contributed by atoms with E-state index in [-0.39, 0.29) is 18.0 Å². The highest BCUT2D eigenvalue weighted by atomic mass is 19.1. The molecule has 106 valence electrons. The van der Waals surface area contributed by atoms with Gasteiger partial charge in [-0.15, -0.1) is 0 Å². The molecule has 0 aliphatic heterocycles. The summed E-state index contributed by atoms with van der Waals surface area (Å²) in [6, 6.07) is 13.4. The number of benzene rings is 2. The van der Waals surface area contributed by atoms with E-state index in [1.165, 1.54) is 6.07 Å². The molecule has 0 amide bonds. The minimum atomic E-state index is -0.281. The maximum absolute atomic E-state index is 13.6. The molecule has 0 bridgehead atoms. The monoisotopic (exact) mass is 284 g/mol. The molecule has 0 unspecified atom stereocenters. The van der Waals surface area contributed by atoms with Crippen LogP contribution < -0.4 is 0 Å². The Morgan fingerprint density at radius 1 is 1.05 bits per heavy atom. The molecule has 21 heavy (non-hydrogen) atoms. The third-order valence-corrected chi connectivity index (χ3v) is 3.08. The van der Waals surface area contributed by atoms with Crippen LogP contribution in [0.4, 0.5) is 4.39 Å². The lowest BCUT2D eigenvalue weighted by atomic mass is 10.1. The van der Waals surface area contributed by atoms with Gasteiger partial charge in [0.1, 0.15) is 11.6 Å². The number of phenols is 1. The van der Waals surface area contributed by atoms with E-state index in [1.54, 1.807) is 36.4 Å². The first-order valence-corrected chi connectivity index (χ1v) is 6.53. The summed E-state index contributed by atoms with van der Waals surface area (Å²) in [5.74, 6) is 0.789. The van der Waals surface area contributed by atoms with Crippen LogP contribution in [-0.2, 0) is 12.8 Å². The van der Waals surface area contributed by atoms with Gasteiger partial charge in [0.05, 0.1) is 6.42 Å². The van der Waals surface area contributed by atoms with Crippen LogP contribution >= 0.6 is 0 Å². The Labute approximate surface area is 120 Å². The lowest BCUT2D eigenvalue weighted by Gasteiger charge is -1.98. The second-order valence-corrected chi connectivity index (χ2v) is 4.72. The molecule has 0 saturated heterocycles. The van der Waals surface area contributed by atoms with Gasteiger partial charge in [0, 0.05) is 6.42 Å². The third-order valence-electron chi connectivity index (χ3n) is 3.08. The molecular formula is C16H13FN2O2. The van der Waals surface area contributed by atoms with E-state index in [9.17, 15) is 9.50 Å². The van der Waals surface area contributed by atoms with Gasteiger partial charge in [-0.2, -0.15) is 4.98 Å². The van der Waals surface area contributed by atoms with Crippen LogP contribution in [0.15, 0.2) is 53.1 Å². The summed E-state index contributed by atoms with van der Waals surface area (Å²) >= 11 is 0. The van der Waals surface area contributed by atoms with Crippen molar-refractivity contribution in [3.63, 3.8) is 0 Å². The number of nitrogens with zero attached hydrogens (tertiary/aromatic N) is 2. The molecule has 0 spiro atoms. The molecule has 3 rings (SSSR count). The van der Waals surface area contributed by atoms with Gasteiger partial charge in [-0.25, -0.2) is 4.39 Å². The van der Waals surface area contributed by atoms with Crippen molar-refractivity contribution in [3.8, 4) is 5.75 Å². The number of hydrogen-bond donors (Lipinski definition) is 1. The molecular weight excluding hydrogens is 271 g/mol. The summed E-state index contributed by atoms with van der Waals surface area (Å²) in [4.78, 5) is 4.25. The molecule has 2 aromatic carbocycles. The minimum absolute atomic E-state index is 0.193. The molecule has 0 atom stereocenters. The summed E-state index contributed by atoms with van der Waals surface area (Å²) in [7, 11) is 0. The molecule has 1 heterocycles. The Morgan fingerprint density at radius 3 is 2.71 bits per heavy atom. The Kier molecular flexibility index (Phi) is 3.64. The first kappa shape index (κ1) is 13.3. The first-order valence-electron chi connectivity index (χ1n) is 6.53. The van der Waals surface area contributed by atoms with Gasteiger partial charge in [-0.3, -0.25) is 0 Å². The smallest absolute Gasteiger partial charge is 0.231 e. The molecule has 0 radical (unpaired) electrons. The standard InChI is InChI=1S/C16H13FN2O2/c17-14-7-2-1-5-12(14)10-15-18-16(21-19-15)9-11-4-3-6-13(20)8-11/h1-8,20H,9-10H2. The van der Waals surface area contributed by atoms with Gasteiger partial charge in [-0.1, -0.05) is 35.5 Å². The molecule has 1 N–H and O–H groups in total. The zero-order valence-electron chi connectivity index (χ0n) is 11.2. The van der Waals surface area contributed by atoms with Gasteiger partial charge < -0.3 is 9.63 Å². The fraction of sp³-hybridized carbons (Fsp3) is 0.125. The number of hydrogen-bond acceptors (Lipinski definition) is 4. The SMILES string of the molecule is Oc1cccc(Cc2nc(Cc3ccccc3F)no2)c1. The predicted molar refractivity (Wildman–Crippen MR) is 74.4 cm³/mol. The Bertz CT molecular complexity index is 755. The Morgan fingerprint density at radius 2 is 1.90 bits per heavy atom. The average molecular weight is 284 g/mol. The van der Waals surface area contributed by atoms with Gasteiger partial charge in [0.15, 0.2) is 5.82 Å². The highest BCUT2D eigenvalue weighted by Crippen LogP contribution is 2.15. The summed E-state index contributed by atoms with van der Waals surface area (Å²) < 4.78 is 18.7. The van der Waals surface area contributed by atoms with E-state index in [4.69, 9.17) is 4.52 Å². The molecule has 0 aliphatic rings. The van der Waals surface area contributed by atoms with E-state index < -0.39 is 0 Å². The lowest BCUT2D eigenvalue weighted by molar-refractivity contribution is 0.380. The molecule has 0 aliphatic carbocycles.